The Morgan fingerprint density at radius 1 is 1.18 bits per heavy atom. The maximum absolute atomic E-state index is 13.5. The largest absolute Gasteiger partial charge is 0.356 e. The van der Waals surface area contributed by atoms with E-state index in [4.69, 9.17) is 23.2 Å². The second kappa shape index (κ2) is 5.95. The van der Waals surface area contributed by atoms with Crippen molar-refractivity contribution in [2.45, 2.75) is 11.8 Å². The molecule has 22 heavy (non-hydrogen) atoms. The number of allylic oxidation sites excluding steroid dienone is 2. The van der Waals surface area contributed by atoms with Gasteiger partial charge in [0.1, 0.15) is 5.82 Å². The number of ketones is 1. The Morgan fingerprint density at radius 3 is 2.55 bits per heavy atom. The molecule has 0 fully saturated rings. The van der Waals surface area contributed by atoms with Gasteiger partial charge in [-0.1, -0.05) is 35.0 Å². The zero-order chi connectivity index (χ0) is 15.9. The Labute approximate surface area is 141 Å². The van der Waals surface area contributed by atoms with Crippen LogP contribution in [-0.4, -0.2) is 5.78 Å². The highest BCUT2D eigenvalue weighted by Crippen LogP contribution is 2.44. The summed E-state index contributed by atoms with van der Waals surface area (Å²) < 4.78 is 13.5. The van der Waals surface area contributed by atoms with Crippen molar-refractivity contribution in [2.75, 3.05) is 5.32 Å². The van der Waals surface area contributed by atoms with Crippen LogP contribution in [0.3, 0.4) is 0 Å². The van der Waals surface area contributed by atoms with Crippen LogP contribution in [-0.2, 0) is 0 Å². The van der Waals surface area contributed by atoms with E-state index in [1.54, 1.807) is 31.2 Å². The van der Waals surface area contributed by atoms with Gasteiger partial charge in [-0.25, -0.2) is 4.39 Å². The summed E-state index contributed by atoms with van der Waals surface area (Å²) in [7, 11) is 0. The van der Waals surface area contributed by atoms with Gasteiger partial charge in [0, 0.05) is 21.2 Å². The van der Waals surface area contributed by atoms with Crippen LogP contribution in [0.15, 0.2) is 51.9 Å². The minimum absolute atomic E-state index is 0.141. The second-order valence-electron chi connectivity index (χ2n) is 4.78. The lowest BCUT2D eigenvalue weighted by atomic mass is 10.1. The summed E-state index contributed by atoms with van der Waals surface area (Å²) in [6.45, 7) is 1.79. The molecule has 0 aliphatic carbocycles. The van der Waals surface area contributed by atoms with Crippen LogP contribution in [0.1, 0.15) is 17.3 Å². The first-order chi connectivity index (χ1) is 10.5. The first-order valence-corrected chi connectivity index (χ1v) is 7.98. The molecule has 0 unspecified atom stereocenters. The molecule has 0 saturated heterocycles. The van der Waals surface area contributed by atoms with Gasteiger partial charge in [-0.3, -0.25) is 4.79 Å². The van der Waals surface area contributed by atoms with Crippen molar-refractivity contribution in [1.29, 1.82) is 0 Å². The zero-order valence-corrected chi connectivity index (χ0v) is 13.7. The van der Waals surface area contributed by atoms with Gasteiger partial charge in [-0.15, -0.1) is 0 Å². The highest BCUT2D eigenvalue weighted by Gasteiger charge is 2.24. The number of carbonyl (C=O) groups excluding carboxylic acids is 1. The minimum Gasteiger partial charge on any atom is -0.356 e. The monoisotopic (exact) mass is 353 g/mol. The number of halogens is 3. The zero-order valence-electron chi connectivity index (χ0n) is 11.4. The maximum atomic E-state index is 13.5. The fourth-order valence-corrected chi connectivity index (χ4v) is 3.64. The molecule has 2 nitrogen and oxygen atoms in total. The Morgan fingerprint density at radius 2 is 1.86 bits per heavy atom. The van der Waals surface area contributed by atoms with Gasteiger partial charge in [0.05, 0.1) is 15.6 Å². The summed E-state index contributed by atoms with van der Waals surface area (Å²) in [5.74, 6) is -0.575. The normalized spacial score (nSPS) is 13.6. The van der Waals surface area contributed by atoms with Crippen molar-refractivity contribution < 1.29 is 9.18 Å². The molecule has 112 valence electrons. The number of anilines is 1. The maximum Gasteiger partial charge on any atom is 0.201 e. The van der Waals surface area contributed by atoms with E-state index in [-0.39, 0.29) is 5.78 Å². The number of carbonyl (C=O) groups is 1. The van der Waals surface area contributed by atoms with Crippen molar-refractivity contribution in [3.63, 3.8) is 0 Å². The van der Waals surface area contributed by atoms with Crippen molar-refractivity contribution in [2.24, 2.45) is 0 Å². The lowest BCUT2D eigenvalue weighted by Gasteiger charge is -2.22. The molecule has 2 aromatic rings. The molecule has 0 amide bonds. The summed E-state index contributed by atoms with van der Waals surface area (Å²) in [5.41, 5.74) is 1.84. The third-order valence-electron chi connectivity index (χ3n) is 3.20. The Kier molecular flexibility index (Phi) is 4.17. The van der Waals surface area contributed by atoms with Gasteiger partial charge >= 0.3 is 0 Å². The van der Waals surface area contributed by atoms with Crippen LogP contribution < -0.4 is 5.32 Å². The van der Waals surface area contributed by atoms with E-state index in [1.807, 2.05) is 0 Å². The molecule has 0 bridgehead atoms. The number of fused-ring (bicyclic) bond motifs is 1. The van der Waals surface area contributed by atoms with Gasteiger partial charge in [0.15, 0.2) is 0 Å². The van der Waals surface area contributed by atoms with Gasteiger partial charge in [0.25, 0.3) is 0 Å². The van der Waals surface area contributed by atoms with Crippen molar-refractivity contribution in [3.8, 4) is 0 Å². The van der Waals surface area contributed by atoms with Crippen LogP contribution in [0.4, 0.5) is 10.1 Å². The van der Waals surface area contributed by atoms with Gasteiger partial charge in [0.2, 0.25) is 5.78 Å². The van der Waals surface area contributed by atoms with Crippen LogP contribution in [0.25, 0.3) is 0 Å². The standard InChI is InChI=1S/C16H10Cl2FNOS/c1-8-16(15(21)9-2-4-10(17)5-3-9)22-13-7-11(19)6-12(18)14(13)20-8/h2-7,20H,1H3. The average Bonchev–Trinajstić information content (AvgIpc) is 2.47. The number of benzene rings is 2. The molecule has 1 aliphatic rings. The van der Waals surface area contributed by atoms with Crippen molar-refractivity contribution in [3.05, 3.63) is 68.4 Å². The summed E-state index contributed by atoms with van der Waals surface area (Å²) in [6.07, 6.45) is 0. The predicted octanol–water partition coefficient (Wildman–Crippen LogP) is 5.76. The molecule has 1 N–H and O–H groups in total. The molecular weight excluding hydrogens is 344 g/mol. The Balaban J connectivity index is 1.98. The molecule has 0 atom stereocenters. The summed E-state index contributed by atoms with van der Waals surface area (Å²) in [6, 6.07) is 9.26. The third-order valence-corrected chi connectivity index (χ3v) is 4.98. The first kappa shape index (κ1) is 15.4. The molecule has 2 aromatic carbocycles. The molecule has 0 spiro atoms. The van der Waals surface area contributed by atoms with Gasteiger partial charge in [-0.05, 0) is 43.3 Å². The molecule has 1 heterocycles. The van der Waals surface area contributed by atoms with Crippen LogP contribution in [0, 0.1) is 5.82 Å². The van der Waals surface area contributed by atoms with E-state index in [0.717, 1.165) is 0 Å². The van der Waals surface area contributed by atoms with Crippen LogP contribution in [0.2, 0.25) is 10.0 Å². The fourth-order valence-electron chi connectivity index (χ4n) is 2.13. The first-order valence-electron chi connectivity index (χ1n) is 6.41. The van der Waals surface area contributed by atoms with E-state index in [9.17, 15) is 9.18 Å². The van der Waals surface area contributed by atoms with Crippen LogP contribution >= 0.6 is 35.0 Å². The van der Waals surface area contributed by atoms with E-state index in [2.05, 4.69) is 5.32 Å². The van der Waals surface area contributed by atoms with E-state index in [1.165, 1.54) is 23.9 Å². The lowest BCUT2D eigenvalue weighted by molar-refractivity contribution is 0.104. The fraction of sp³-hybridized carbons (Fsp3) is 0.0625. The Bertz CT molecular complexity index is 803. The number of Topliss-reactive ketones (excluding diaryl/α,β-unsaturated/α-hetero) is 1. The third kappa shape index (κ3) is 2.86. The molecule has 0 aromatic heterocycles. The SMILES string of the molecule is CC1=C(C(=O)c2ccc(Cl)cc2)Sc2cc(F)cc(Cl)c2N1. The molecule has 3 rings (SSSR count). The molecule has 1 aliphatic heterocycles. The number of nitrogens with one attached hydrogen (secondary N) is 1. The highest BCUT2D eigenvalue weighted by atomic mass is 35.5. The number of hydrogen-bond donors (Lipinski definition) is 1. The van der Waals surface area contributed by atoms with Crippen molar-refractivity contribution in [1.82, 2.24) is 0 Å². The topological polar surface area (TPSA) is 29.1 Å². The average molecular weight is 354 g/mol. The summed E-state index contributed by atoms with van der Waals surface area (Å²) in [4.78, 5) is 13.7. The minimum atomic E-state index is -0.434. The molecular formula is C16H10Cl2FNOS. The molecule has 0 radical (unpaired) electrons. The second-order valence-corrected chi connectivity index (χ2v) is 6.67. The van der Waals surface area contributed by atoms with Gasteiger partial charge < -0.3 is 5.32 Å². The predicted molar refractivity (Wildman–Crippen MR) is 89.4 cm³/mol. The highest BCUT2D eigenvalue weighted by molar-refractivity contribution is 8.04. The number of rotatable bonds is 2. The van der Waals surface area contributed by atoms with Crippen molar-refractivity contribution >= 4 is 46.4 Å². The Hall–Kier alpha value is -1.49. The summed E-state index contributed by atoms with van der Waals surface area (Å²) in [5, 5.41) is 3.94. The quantitative estimate of drug-likeness (QED) is 0.695. The number of hydrogen-bond acceptors (Lipinski definition) is 3. The van der Waals surface area contributed by atoms with Crippen LogP contribution in [0.5, 0.6) is 0 Å². The summed E-state index contributed by atoms with van der Waals surface area (Å²) >= 11 is 13.1. The smallest absolute Gasteiger partial charge is 0.201 e. The van der Waals surface area contributed by atoms with Gasteiger partial charge in [-0.2, -0.15) is 0 Å². The molecule has 6 heteroatoms. The lowest BCUT2D eigenvalue weighted by Crippen LogP contribution is -2.12. The van der Waals surface area contributed by atoms with E-state index < -0.39 is 5.82 Å². The van der Waals surface area contributed by atoms with E-state index in [0.29, 0.717) is 36.8 Å². The van der Waals surface area contributed by atoms with E-state index >= 15 is 0 Å². The number of thioether (sulfide) groups is 1. The molecule has 0 saturated carbocycles.